The summed E-state index contributed by atoms with van der Waals surface area (Å²) in [6.45, 7) is 1.97. The van der Waals surface area contributed by atoms with Crippen LogP contribution in [0.15, 0.2) is 42.5 Å². The average molecular weight is 340 g/mol. The van der Waals surface area contributed by atoms with Crippen molar-refractivity contribution < 1.29 is 19.6 Å². The summed E-state index contributed by atoms with van der Waals surface area (Å²) in [6, 6.07) is 10.2. The number of hydrogen-bond donors (Lipinski definition) is 1. The lowest BCUT2D eigenvalue weighted by Crippen LogP contribution is -2.17. The first kappa shape index (κ1) is 16.6. The zero-order valence-corrected chi connectivity index (χ0v) is 13.3. The summed E-state index contributed by atoms with van der Waals surface area (Å²) < 4.78 is 0. The summed E-state index contributed by atoms with van der Waals surface area (Å²) in [4.78, 5) is 36.4. The number of carbonyl (C=O) groups excluding carboxylic acids is 1. The minimum Gasteiger partial charge on any atom is -0.478 e. The molecule has 2 aromatic carbocycles. The molecular weight excluding hydrogens is 324 g/mol. The molecule has 0 bridgehead atoms. The highest BCUT2D eigenvalue weighted by Gasteiger charge is 2.22. The van der Waals surface area contributed by atoms with Crippen LogP contribution >= 0.6 is 0 Å². The lowest BCUT2D eigenvalue weighted by atomic mass is 9.97. The molecule has 0 saturated carbocycles. The molecule has 0 aromatic heterocycles. The highest BCUT2D eigenvalue weighted by Crippen LogP contribution is 2.24. The first-order valence-corrected chi connectivity index (χ1v) is 7.89. The summed E-state index contributed by atoms with van der Waals surface area (Å²) in [5.74, 6) is -1.85. The third-order valence-electron chi connectivity index (χ3n) is 4.29. The minimum atomic E-state index is -1.37. The highest BCUT2D eigenvalue weighted by molar-refractivity contribution is 6.14. The summed E-state index contributed by atoms with van der Waals surface area (Å²) >= 11 is 0. The van der Waals surface area contributed by atoms with Gasteiger partial charge in [-0.2, -0.15) is 0 Å². The molecule has 1 aliphatic rings. The molecule has 0 radical (unpaired) electrons. The van der Waals surface area contributed by atoms with Crippen molar-refractivity contribution in [3.63, 3.8) is 0 Å². The van der Waals surface area contributed by atoms with E-state index in [4.69, 9.17) is 0 Å². The number of aromatic carboxylic acids is 1. The van der Waals surface area contributed by atoms with Crippen molar-refractivity contribution in [3.05, 3.63) is 69.3 Å². The number of carbonyl (C=O) groups is 2. The Morgan fingerprint density at radius 1 is 1.00 bits per heavy atom. The number of nitro groups is 1. The molecule has 25 heavy (non-hydrogen) atoms. The van der Waals surface area contributed by atoms with Crippen LogP contribution in [0.25, 0.3) is 0 Å². The van der Waals surface area contributed by atoms with E-state index in [0.29, 0.717) is 5.56 Å². The number of anilines is 1. The first-order valence-electron chi connectivity index (χ1n) is 7.89. The number of benzene rings is 2. The van der Waals surface area contributed by atoms with Crippen LogP contribution in [0.3, 0.4) is 0 Å². The summed E-state index contributed by atoms with van der Waals surface area (Å²) in [7, 11) is 0. The number of rotatable bonds is 5. The Bertz CT molecular complexity index is 839. The summed E-state index contributed by atoms with van der Waals surface area (Å²) in [5, 5.41) is 20.1. The second kappa shape index (κ2) is 6.72. The number of nitrogens with zero attached hydrogens (tertiary/aromatic N) is 2. The van der Waals surface area contributed by atoms with Gasteiger partial charge in [-0.15, -0.1) is 0 Å². The van der Waals surface area contributed by atoms with E-state index in [-0.39, 0.29) is 16.8 Å². The maximum Gasteiger partial charge on any atom is 0.336 e. The Morgan fingerprint density at radius 3 is 2.20 bits per heavy atom. The Kier molecular flexibility index (Phi) is 4.47. The van der Waals surface area contributed by atoms with Crippen LogP contribution in [-0.2, 0) is 0 Å². The van der Waals surface area contributed by atoms with Crippen LogP contribution in [0.1, 0.15) is 39.1 Å². The zero-order valence-electron chi connectivity index (χ0n) is 13.3. The molecular formula is C18H16N2O5. The van der Waals surface area contributed by atoms with E-state index in [1.54, 1.807) is 12.1 Å². The van der Waals surface area contributed by atoms with Gasteiger partial charge >= 0.3 is 5.97 Å². The minimum absolute atomic E-state index is 0.0629. The Hall–Kier alpha value is -3.22. The third kappa shape index (κ3) is 3.35. The van der Waals surface area contributed by atoms with Gasteiger partial charge in [0.05, 0.1) is 10.5 Å². The fraction of sp³-hybridized carbons (Fsp3) is 0.222. The molecule has 1 fully saturated rings. The molecule has 7 heteroatoms. The van der Waals surface area contributed by atoms with E-state index in [2.05, 4.69) is 4.90 Å². The van der Waals surface area contributed by atoms with Crippen molar-refractivity contribution in [2.24, 2.45) is 0 Å². The van der Waals surface area contributed by atoms with Crippen LogP contribution in [-0.4, -0.2) is 34.9 Å². The van der Waals surface area contributed by atoms with E-state index in [9.17, 15) is 24.8 Å². The van der Waals surface area contributed by atoms with Crippen molar-refractivity contribution in [2.75, 3.05) is 18.0 Å². The van der Waals surface area contributed by atoms with Gasteiger partial charge in [0.2, 0.25) is 0 Å². The summed E-state index contributed by atoms with van der Waals surface area (Å²) in [6.07, 6.45) is 2.29. The van der Waals surface area contributed by atoms with E-state index in [0.717, 1.165) is 43.8 Å². The lowest BCUT2D eigenvalue weighted by molar-refractivity contribution is -0.384. The number of nitro benzene ring substituents is 1. The van der Waals surface area contributed by atoms with Crippen molar-refractivity contribution >= 4 is 23.1 Å². The van der Waals surface area contributed by atoms with Crippen molar-refractivity contribution in [1.29, 1.82) is 0 Å². The maximum absolute atomic E-state index is 12.6. The SMILES string of the molecule is O=C(O)c1cc([N+](=O)[O-])ccc1C(=O)c1ccc(N2CCCC2)cc1. The maximum atomic E-state index is 12.6. The molecule has 1 N–H and O–H groups in total. The van der Waals surface area contributed by atoms with Gasteiger partial charge in [-0.1, -0.05) is 0 Å². The number of hydrogen-bond acceptors (Lipinski definition) is 5. The highest BCUT2D eigenvalue weighted by atomic mass is 16.6. The van der Waals surface area contributed by atoms with Gasteiger partial charge in [-0.3, -0.25) is 14.9 Å². The fourth-order valence-corrected chi connectivity index (χ4v) is 2.98. The molecule has 128 valence electrons. The number of carboxylic acid groups (broad SMARTS) is 1. The van der Waals surface area contributed by atoms with E-state index < -0.39 is 16.7 Å². The molecule has 1 aliphatic heterocycles. The van der Waals surface area contributed by atoms with E-state index in [1.165, 1.54) is 6.07 Å². The molecule has 3 rings (SSSR count). The number of non-ortho nitro benzene ring substituents is 1. The molecule has 0 amide bonds. The molecule has 0 atom stereocenters. The quantitative estimate of drug-likeness (QED) is 0.510. The van der Waals surface area contributed by atoms with E-state index in [1.807, 2.05) is 12.1 Å². The van der Waals surface area contributed by atoms with Crippen LogP contribution in [0.2, 0.25) is 0 Å². The predicted octanol–water partition coefficient (Wildman–Crippen LogP) is 3.12. The average Bonchev–Trinajstić information content (AvgIpc) is 3.15. The first-order chi connectivity index (χ1) is 12.0. The van der Waals surface area contributed by atoms with Gasteiger partial charge in [0, 0.05) is 42.0 Å². The third-order valence-corrected chi connectivity index (χ3v) is 4.29. The predicted molar refractivity (Wildman–Crippen MR) is 91.4 cm³/mol. The van der Waals surface area contributed by atoms with Gasteiger partial charge in [0.25, 0.3) is 5.69 Å². The van der Waals surface area contributed by atoms with Crippen molar-refractivity contribution in [1.82, 2.24) is 0 Å². The second-order valence-corrected chi connectivity index (χ2v) is 5.86. The van der Waals surface area contributed by atoms with Gasteiger partial charge in [0.15, 0.2) is 5.78 Å². The Balaban J connectivity index is 1.92. The number of carboxylic acids is 1. The second-order valence-electron chi connectivity index (χ2n) is 5.86. The molecule has 0 spiro atoms. The zero-order chi connectivity index (χ0) is 18.0. The molecule has 1 heterocycles. The van der Waals surface area contributed by atoms with Crippen LogP contribution in [0, 0.1) is 10.1 Å². The van der Waals surface area contributed by atoms with Crippen molar-refractivity contribution in [2.45, 2.75) is 12.8 Å². The monoisotopic (exact) mass is 340 g/mol. The lowest BCUT2D eigenvalue weighted by Gasteiger charge is -2.17. The fourth-order valence-electron chi connectivity index (χ4n) is 2.98. The van der Waals surface area contributed by atoms with E-state index >= 15 is 0 Å². The van der Waals surface area contributed by atoms with Gasteiger partial charge in [-0.05, 0) is 43.2 Å². The Labute approximate surface area is 143 Å². The molecule has 0 aliphatic carbocycles. The molecule has 2 aromatic rings. The largest absolute Gasteiger partial charge is 0.478 e. The van der Waals surface area contributed by atoms with Gasteiger partial charge in [-0.25, -0.2) is 4.79 Å². The van der Waals surface area contributed by atoms with Gasteiger partial charge in [0.1, 0.15) is 0 Å². The number of ketones is 1. The molecule has 1 saturated heterocycles. The normalized spacial score (nSPS) is 13.7. The van der Waals surface area contributed by atoms with Crippen molar-refractivity contribution in [3.8, 4) is 0 Å². The smallest absolute Gasteiger partial charge is 0.336 e. The van der Waals surface area contributed by atoms with Crippen LogP contribution in [0.4, 0.5) is 11.4 Å². The molecule has 7 nitrogen and oxygen atoms in total. The van der Waals surface area contributed by atoms with Crippen LogP contribution < -0.4 is 4.90 Å². The Morgan fingerprint density at radius 2 is 1.64 bits per heavy atom. The standard InChI is InChI=1S/C18H16N2O5/c21-17(12-3-5-13(6-4-12)19-9-1-2-10-19)15-8-7-14(20(24)25)11-16(15)18(22)23/h3-8,11H,1-2,9-10H2,(H,22,23). The van der Waals surface area contributed by atoms with Crippen LogP contribution in [0.5, 0.6) is 0 Å². The topological polar surface area (TPSA) is 101 Å². The molecule has 0 unspecified atom stereocenters. The van der Waals surface area contributed by atoms with Gasteiger partial charge < -0.3 is 10.0 Å². The summed E-state index contributed by atoms with van der Waals surface area (Å²) in [5.41, 5.74) is 0.573.